The van der Waals surface area contributed by atoms with Crippen LogP contribution in [0.5, 0.6) is 0 Å². The molecule has 0 saturated carbocycles. The molecule has 0 bridgehead atoms. The van der Waals surface area contributed by atoms with Crippen LogP contribution in [0.1, 0.15) is 43.4 Å². The highest BCUT2D eigenvalue weighted by atomic mass is 35.5. The highest BCUT2D eigenvalue weighted by Gasteiger charge is 2.70. The lowest BCUT2D eigenvalue weighted by Gasteiger charge is -2.38. The molecule has 0 radical (unpaired) electrons. The van der Waals surface area contributed by atoms with E-state index in [0.717, 1.165) is 11.1 Å². The third kappa shape index (κ3) is 3.44. The minimum Gasteiger partial charge on any atom is -0.358 e. The molecule has 4 atom stereocenters. The summed E-state index contributed by atoms with van der Waals surface area (Å²) >= 11 is 12.3. The molecule has 0 unspecified atom stereocenters. The quantitative estimate of drug-likeness (QED) is 0.272. The fraction of sp³-hybridized carbons (Fsp3) is 0.121. The third-order valence-electron chi connectivity index (χ3n) is 8.38. The van der Waals surface area contributed by atoms with Gasteiger partial charge in [0.25, 0.3) is 0 Å². The highest BCUT2D eigenvalue weighted by molar-refractivity contribution is 6.31. The number of anilines is 1. The smallest absolute Gasteiger partial charge is 0.238 e. The van der Waals surface area contributed by atoms with E-state index in [2.05, 4.69) is 5.32 Å². The number of amides is 1. The SMILES string of the molecule is O=C(c1ccc(Cl)cc1)[C@@H]1[C@H](C(=O)c2ccc(Cl)cc2)N2C=Cc3ccccc3[C@H]2[C@]12C(=O)Nc1ccccc12. The Kier molecular flexibility index (Phi) is 5.70. The summed E-state index contributed by atoms with van der Waals surface area (Å²) in [6, 6.07) is 27.0. The first-order valence-corrected chi connectivity index (χ1v) is 13.7. The van der Waals surface area contributed by atoms with E-state index in [1.807, 2.05) is 65.7 Å². The lowest BCUT2D eigenvalue weighted by atomic mass is 9.62. The van der Waals surface area contributed by atoms with Crippen LogP contribution in [-0.2, 0) is 10.2 Å². The highest BCUT2D eigenvalue weighted by Crippen LogP contribution is 2.62. The Balaban J connectivity index is 1.53. The van der Waals surface area contributed by atoms with Gasteiger partial charge in [0.2, 0.25) is 5.91 Å². The lowest BCUT2D eigenvalue weighted by molar-refractivity contribution is -0.122. The predicted octanol–water partition coefficient (Wildman–Crippen LogP) is 6.98. The van der Waals surface area contributed by atoms with Crippen molar-refractivity contribution in [3.8, 4) is 0 Å². The topological polar surface area (TPSA) is 66.5 Å². The number of halogens is 2. The van der Waals surface area contributed by atoms with Crippen molar-refractivity contribution < 1.29 is 14.4 Å². The van der Waals surface area contributed by atoms with Crippen LogP contribution < -0.4 is 5.32 Å². The molecule has 0 aliphatic carbocycles. The zero-order valence-corrected chi connectivity index (χ0v) is 22.6. The molecule has 1 N–H and O–H groups in total. The maximum Gasteiger partial charge on any atom is 0.238 e. The zero-order valence-electron chi connectivity index (χ0n) is 21.1. The van der Waals surface area contributed by atoms with Gasteiger partial charge >= 0.3 is 0 Å². The maximum absolute atomic E-state index is 14.7. The van der Waals surface area contributed by atoms with Gasteiger partial charge in [0, 0.05) is 33.1 Å². The summed E-state index contributed by atoms with van der Waals surface area (Å²) in [6.07, 6.45) is 3.80. The van der Waals surface area contributed by atoms with E-state index in [4.69, 9.17) is 23.2 Å². The van der Waals surface area contributed by atoms with Crippen LogP contribution in [-0.4, -0.2) is 28.4 Å². The molecule has 196 valence electrons. The molecule has 3 heterocycles. The maximum atomic E-state index is 14.7. The molecule has 4 aromatic carbocycles. The van der Waals surface area contributed by atoms with Gasteiger partial charge in [0.1, 0.15) is 11.5 Å². The van der Waals surface area contributed by atoms with Gasteiger partial charge in [0.05, 0.1) is 12.0 Å². The van der Waals surface area contributed by atoms with Crippen molar-refractivity contribution in [3.63, 3.8) is 0 Å². The molecule has 1 amide bonds. The molecule has 1 fully saturated rings. The average Bonchev–Trinajstić information content (AvgIpc) is 3.45. The number of Topliss-reactive ketones (excluding diaryl/α,β-unsaturated/α-hetero) is 2. The molecule has 3 aliphatic heterocycles. The number of rotatable bonds is 4. The van der Waals surface area contributed by atoms with Gasteiger partial charge < -0.3 is 10.2 Å². The molecule has 40 heavy (non-hydrogen) atoms. The van der Waals surface area contributed by atoms with E-state index in [9.17, 15) is 14.4 Å². The second-order valence-electron chi connectivity index (χ2n) is 10.3. The Morgan fingerprint density at radius 1 is 0.750 bits per heavy atom. The Morgan fingerprint density at radius 3 is 2.05 bits per heavy atom. The average molecular weight is 565 g/mol. The van der Waals surface area contributed by atoms with E-state index in [1.54, 1.807) is 48.5 Å². The summed E-state index contributed by atoms with van der Waals surface area (Å²) in [5, 5.41) is 4.05. The largest absolute Gasteiger partial charge is 0.358 e. The van der Waals surface area contributed by atoms with Crippen molar-refractivity contribution >= 4 is 52.4 Å². The van der Waals surface area contributed by atoms with Crippen LogP contribution in [0.2, 0.25) is 10.0 Å². The van der Waals surface area contributed by atoms with E-state index in [0.29, 0.717) is 32.4 Å². The number of fused-ring (bicyclic) bond motifs is 6. The minimum atomic E-state index is -1.37. The third-order valence-corrected chi connectivity index (χ3v) is 8.88. The Labute approximate surface area is 241 Å². The van der Waals surface area contributed by atoms with Crippen LogP contribution in [0.3, 0.4) is 0 Å². The van der Waals surface area contributed by atoms with Crippen molar-refractivity contribution in [1.82, 2.24) is 4.90 Å². The van der Waals surface area contributed by atoms with Gasteiger partial charge in [-0.1, -0.05) is 65.7 Å². The second kappa shape index (κ2) is 9.19. The molecule has 0 aromatic heterocycles. The van der Waals surface area contributed by atoms with Gasteiger partial charge in [-0.2, -0.15) is 0 Å². The Morgan fingerprint density at radius 2 is 1.35 bits per heavy atom. The molecular formula is C33H22Cl2N2O3. The fourth-order valence-electron chi connectivity index (χ4n) is 6.75. The zero-order chi connectivity index (χ0) is 27.6. The standard InChI is InChI=1S/C33H22Cl2N2O3/c34-22-13-9-20(10-14-22)29(38)27-28(30(39)21-11-15-23(35)16-12-21)37-18-17-19-5-1-2-6-24(19)31(37)33(27)25-7-3-4-8-26(25)36-32(33)40/h1-18,27-28,31H,(H,36,40)/t27-,28+,31-,33+/m0/s1. The summed E-state index contributed by atoms with van der Waals surface area (Å²) in [5.74, 6) is -1.89. The van der Waals surface area contributed by atoms with E-state index < -0.39 is 23.4 Å². The monoisotopic (exact) mass is 564 g/mol. The van der Waals surface area contributed by atoms with E-state index in [-0.39, 0.29) is 17.5 Å². The first-order valence-electron chi connectivity index (χ1n) is 13.0. The number of benzene rings is 4. The van der Waals surface area contributed by atoms with Crippen LogP contribution in [0.15, 0.2) is 103 Å². The van der Waals surface area contributed by atoms with Gasteiger partial charge in [0.15, 0.2) is 11.6 Å². The molecule has 3 aliphatic rings. The number of ketones is 2. The summed E-state index contributed by atoms with van der Waals surface area (Å²) in [7, 11) is 0. The number of nitrogens with one attached hydrogen (secondary N) is 1. The number of nitrogens with zero attached hydrogens (tertiary/aromatic N) is 1. The van der Waals surface area contributed by atoms with Crippen LogP contribution in [0, 0.1) is 5.92 Å². The first-order chi connectivity index (χ1) is 19.4. The Bertz CT molecular complexity index is 1730. The number of para-hydroxylation sites is 1. The molecule has 1 saturated heterocycles. The van der Waals surface area contributed by atoms with Crippen molar-refractivity contribution in [2.45, 2.75) is 17.5 Å². The number of carbonyl (C=O) groups is 3. The van der Waals surface area contributed by atoms with Crippen molar-refractivity contribution in [2.24, 2.45) is 5.92 Å². The summed E-state index contributed by atoms with van der Waals surface area (Å²) in [5.41, 5.74) is 2.61. The molecule has 7 heteroatoms. The molecule has 1 spiro atoms. The summed E-state index contributed by atoms with van der Waals surface area (Å²) in [4.78, 5) is 45.5. The van der Waals surface area contributed by atoms with Crippen LogP contribution in [0.25, 0.3) is 6.08 Å². The normalized spacial score (nSPS) is 23.9. The van der Waals surface area contributed by atoms with Crippen molar-refractivity contribution in [1.29, 1.82) is 0 Å². The van der Waals surface area contributed by atoms with Crippen LogP contribution in [0.4, 0.5) is 5.69 Å². The number of hydrogen-bond acceptors (Lipinski definition) is 4. The second-order valence-corrected chi connectivity index (χ2v) is 11.2. The van der Waals surface area contributed by atoms with Crippen molar-refractivity contribution in [2.75, 3.05) is 5.32 Å². The van der Waals surface area contributed by atoms with Gasteiger partial charge in [-0.15, -0.1) is 0 Å². The van der Waals surface area contributed by atoms with Crippen molar-refractivity contribution in [3.05, 3.63) is 141 Å². The molecule has 7 rings (SSSR count). The van der Waals surface area contributed by atoms with E-state index in [1.165, 1.54) is 0 Å². The molecule has 5 nitrogen and oxygen atoms in total. The number of carbonyl (C=O) groups excluding carboxylic acids is 3. The van der Waals surface area contributed by atoms with Gasteiger partial charge in [-0.3, -0.25) is 14.4 Å². The fourth-order valence-corrected chi connectivity index (χ4v) is 7.00. The molecular weight excluding hydrogens is 543 g/mol. The van der Waals surface area contributed by atoms with Gasteiger partial charge in [-0.05, 0) is 77.4 Å². The minimum absolute atomic E-state index is 0.257. The Hall–Kier alpha value is -4.19. The first kappa shape index (κ1) is 24.8. The van der Waals surface area contributed by atoms with E-state index >= 15 is 0 Å². The summed E-state index contributed by atoms with van der Waals surface area (Å²) in [6.45, 7) is 0. The summed E-state index contributed by atoms with van der Waals surface area (Å²) < 4.78 is 0. The lowest BCUT2D eigenvalue weighted by Crippen LogP contribution is -2.49. The number of hydrogen-bond donors (Lipinski definition) is 1. The van der Waals surface area contributed by atoms with Crippen LogP contribution >= 0.6 is 23.2 Å². The van der Waals surface area contributed by atoms with Gasteiger partial charge in [-0.25, -0.2) is 0 Å². The predicted molar refractivity (Wildman–Crippen MR) is 156 cm³/mol. The molecule has 4 aromatic rings.